The minimum absolute atomic E-state index is 0.0627. The fraction of sp³-hybridized carbons (Fsp3) is 0.455. The van der Waals surface area contributed by atoms with Gasteiger partial charge in [-0.2, -0.15) is 0 Å². The van der Waals surface area contributed by atoms with Gasteiger partial charge in [0.25, 0.3) is 0 Å². The summed E-state index contributed by atoms with van der Waals surface area (Å²) in [4.78, 5) is 26.8. The molecule has 2 rings (SSSR count). The minimum atomic E-state index is -0.525. The minimum Gasteiger partial charge on any atom is -0.369 e. The Kier molecular flexibility index (Phi) is 3.40. The Balaban J connectivity index is 2.01. The summed E-state index contributed by atoms with van der Waals surface area (Å²) in [5, 5.41) is 10.5. The fourth-order valence-electron chi connectivity index (χ4n) is 2.10. The lowest BCUT2D eigenvalue weighted by molar-refractivity contribution is -0.389. The van der Waals surface area contributed by atoms with Gasteiger partial charge in [-0.1, -0.05) is 0 Å². The molecular weight excluding hydrogens is 236 g/mol. The number of hydrogen-bond acceptors (Lipinski definition) is 5. The number of rotatable bonds is 3. The molecule has 1 saturated heterocycles. The quantitative estimate of drug-likeness (QED) is 0.628. The molecule has 0 unspecified atom stereocenters. The van der Waals surface area contributed by atoms with Crippen LogP contribution in [-0.4, -0.2) is 28.9 Å². The smallest absolute Gasteiger partial charge is 0.363 e. The molecule has 0 aliphatic carbocycles. The van der Waals surface area contributed by atoms with Crippen molar-refractivity contribution in [2.45, 2.75) is 12.8 Å². The van der Waals surface area contributed by atoms with Crippen molar-refractivity contribution < 1.29 is 9.72 Å². The van der Waals surface area contributed by atoms with E-state index < -0.39 is 4.92 Å². The maximum atomic E-state index is 11.0. The highest BCUT2D eigenvalue weighted by Crippen LogP contribution is 2.23. The zero-order valence-electron chi connectivity index (χ0n) is 9.78. The maximum absolute atomic E-state index is 11.0. The van der Waals surface area contributed by atoms with Crippen molar-refractivity contribution in [3.8, 4) is 0 Å². The molecule has 18 heavy (non-hydrogen) atoms. The predicted molar refractivity (Wildman–Crippen MR) is 65.0 cm³/mol. The van der Waals surface area contributed by atoms with Crippen LogP contribution >= 0.6 is 0 Å². The number of anilines is 1. The lowest BCUT2D eigenvalue weighted by Crippen LogP contribution is -2.38. The number of carbonyl (C=O) groups excluding carboxylic acids is 1. The molecule has 0 aromatic carbocycles. The van der Waals surface area contributed by atoms with Crippen molar-refractivity contribution in [2.24, 2.45) is 11.7 Å². The number of amides is 1. The van der Waals surface area contributed by atoms with Crippen LogP contribution in [0.2, 0.25) is 0 Å². The molecule has 0 spiro atoms. The van der Waals surface area contributed by atoms with Crippen LogP contribution in [0, 0.1) is 16.0 Å². The number of pyridine rings is 1. The highest BCUT2D eigenvalue weighted by molar-refractivity contribution is 5.77. The van der Waals surface area contributed by atoms with E-state index in [1.165, 1.54) is 12.3 Å². The SMILES string of the molecule is NC(=O)C1CCN(c2ccc([N+](=O)[O-])nc2)CC1. The van der Waals surface area contributed by atoms with Gasteiger partial charge in [0.15, 0.2) is 6.20 Å². The summed E-state index contributed by atoms with van der Waals surface area (Å²) in [6.45, 7) is 1.43. The average Bonchev–Trinajstić information content (AvgIpc) is 2.39. The van der Waals surface area contributed by atoms with Gasteiger partial charge in [0.05, 0.1) is 5.69 Å². The van der Waals surface area contributed by atoms with Crippen LogP contribution < -0.4 is 10.6 Å². The molecule has 7 heteroatoms. The molecule has 96 valence electrons. The van der Waals surface area contributed by atoms with E-state index in [0.717, 1.165) is 5.69 Å². The van der Waals surface area contributed by atoms with Gasteiger partial charge in [0.1, 0.15) is 0 Å². The van der Waals surface area contributed by atoms with Crippen molar-refractivity contribution in [3.05, 3.63) is 28.4 Å². The highest BCUT2D eigenvalue weighted by Gasteiger charge is 2.24. The molecule has 0 saturated carbocycles. The van der Waals surface area contributed by atoms with Gasteiger partial charge in [-0.15, -0.1) is 0 Å². The summed E-state index contributed by atoms with van der Waals surface area (Å²) in [5.74, 6) is -0.477. The average molecular weight is 250 g/mol. The van der Waals surface area contributed by atoms with Crippen LogP contribution in [0.15, 0.2) is 18.3 Å². The van der Waals surface area contributed by atoms with Crippen molar-refractivity contribution in [1.82, 2.24) is 4.98 Å². The van der Waals surface area contributed by atoms with Crippen LogP contribution in [0.25, 0.3) is 0 Å². The van der Waals surface area contributed by atoms with E-state index in [2.05, 4.69) is 9.88 Å². The zero-order chi connectivity index (χ0) is 13.1. The molecule has 2 N–H and O–H groups in total. The van der Waals surface area contributed by atoms with E-state index in [1.807, 2.05) is 0 Å². The highest BCUT2D eigenvalue weighted by atomic mass is 16.6. The van der Waals surface area contributed by atoms with Gasteiger partial charge in [-0.25, -0.2) is 0 Å². The summed E-state index contributed by atoms with van der Waals surface area (Å²) in [7, 11) is 0. The van der Waals surface area contributed by atoms with E-state index >= 15 is 0 Å². The largest absolute Gasteiger partial charge is 0.369 e. The van der Waals surface area contributed by atoms with Gasteiger partial charge >= 0.3 is 5.82 Å². The van der Waals surface area contributed by atoms with E-state index in [1.54, 1.807) is 6.07 Å². The van der Waals surface area contributed by atoms with Crippen molar-refractivity contribution in [3.63, 3.8) is 0 Å². The van der Waals surface area contributed by atoms with E-state index in [0.29, 0.717) is 25.9 Å². The Bertz CT molecular complexity index is 452. The number of primary amides is 1. The third-order valence-corrected chi connectivity index (χ3v) is 3.18. The van der Waals surface area contributed by atoms with E-state index in [-0.39, 0.29) is 17.6 Å². The third-order valence-electron chi connectivity index (χ3n) is 3.18. The van der Waals surface area contributed by atoms with Gasteiger partial charge in [0.2, 0.25) is 5.91 Å². The summed E-state index contributed by atoms with van der Waals surface area (Å²) in [6.07, 6.45) is 2.92. The van der Waals surface area contributed by atoms with Gasteiger partial charge < -0.3 is 20.7 Å². The monoisotopic (exact) mass is 250 g/mol. The molecule has 0 atom stereocenters. The number of nitro groups is 1. The summed E-state index contributed by atoms with van der Waals surface area (Å²) >= 11 is 0. The van der Waals surface area contributed by atoms with Crippen LogP contribution in [0.3, 0.4) is 0 Å². The number of piperidine rings is 1. The topological polar surface area (TPSA) is 102 Å². The first-order chi connectivity index (χ1) is 8.58. The van der Waals surface area contributed by atoms with Gasteiger partial charge in [0, 0.05) is 25.1 Å². The first-order valence-corrected chi connectivity index (χ1v) is 5.72. The summed E-state index contributed by atoms with van der Waals surface area (Å²) < 4.78 is 0. The number of carbonyl (C=O) groups is 1. The molecular formula is C11H14N4O3. The first kappa shape index (κ1) is 12.3. The van der Waals surface area contributed by atoms with Crippen LogP contribution in [-0.2, 0) is 4.79 Å². The summed E-state index contributed by atoms with van der Waals surface area (Å²) in [6, 6.07) is 3.06. The third kappa shape index (κ3) is 2.55. The Morgan fingerprint density at radius 3 is 2.56 bits per heavy atom. The molecule has 7 nitrogen and oxygen atoms in total. The molecule has 1 aromatic heterocycles. The number of nitrogens with two attached hydrogens (primary N) is 1. The van der Waals surface area contributed by atoms with E-state index in [4.69, 9.17) is 5.73 Å². The fourth-order valence-corrected chi connectivity index (χ4v) is 2.10. The zero-order valence-corrected chi connectivity index (χ0v) is 9.78. The lowest BCUT2D eigenvalue weighted by atomic mass is 9.96. The first-order valence-electron chi connectivity index (χ1n) is 5.72. The molecule has 2 heterocycles. The molecule has 1 aliphatic rings. The maximum Gasteiger partial charge on any atom is 0.363 e. The van der Waals surface area contributed by atoms with Crippen LogP contribution in [0.1, 0.15) is 12.8 Å². The van der Waals surface area contributed by atoms with Crippen LogP contribution in [0.5, 0.6) is 0 Å². The Morgan fingerprint density at radius 2 is 2.11 bits per heavy atom. The number of hydrogen-bond donors (Lipinski definition) is 1. The van der Waals surface area contributed by atoms with E-state index in [9.17, 15) is 14.9 Å². The predicted octanol–water partition coefficient (Wildman–Crippen LogP) is 0.691. The van der Waals surface area contributed by atoms with Crippen molar-refractivity contribution in [1.29, 1.82) is 0 Å². The summed E-state index contributed by atoms with van der Waals surface area (Å²) in [5.41, 5.74) is 6.10. The van der Waals surface area contributed by atoms with Crippen molar-refractivity contribution >= 4 is 17.4 Å². The lowest BCUT2D eigenvalue weighted by Gasteiger charge is -2.31. The second kappa shape index (κ2) is 4.99. The molecule has 1 aromatic rings. The van der Waals surface area contributed by atoms with Crippen molar-refractivity contribution in [2.75, 3.05) is 18.0 Å². The molecule has 1 amide bonds. The number of aromatic nitrogens is 1. The second-order valence-corrected chi connectivity index (χ2v) is 4.30. The molecule has 1 aliphatic heterocycles. The standard InChI is InChI=1S/C11H14N4O3/c12-11(16)8-3-5-14(6-4-8)9-1-2-10(13-7-9)15(17)18/h1-2,7-8H,3-6H2,(H2,12,16). The normalized spacial score (nSPS) is 16.6. The Labute approximate surface area is 104 Å². The number of nitrogens with zero attached hydrogens (tertiary/aromatic N) is 3. The molecule has 0 bridgehead atoms. The van der Waals surface area contributed by atoms with Gasteiger partial charge in [-0.05, 0) is 28.8 Å². The van der Waals surface area contributed by atoms with Gasteiger partial charge in [-0.3, -0.25) is 4.79 Å². The van der Waals surface area contributed by atoms with Crippen LogP contribution in [0.4, 0.5) is 11.5 Å². The molecule has 0 radical (unpaired) electrons. The Hall–Kier alpha value is -2.18. The molecule has 1 fully saturated rings. The Morgan fingerprint density at radius 1 is 1.44 bits per heavy atom. The second-order valence-electron chi connectivity index (χ2n) is 4.30.